The Morgan fingerprint density at radius 2 is 2.00 bits per heavy atom. The molecule has 0 radical (unpaired) electrons. The van der Waals surface area contributed by atoms with Crippen molar-refractivity contribution in [3.05, 3.63) is 41.5 Å². The van der Waals surface area contributed by atoms with Gasteiger partial charge in [0.2, 0.25) is 5.91 Å². The first-order valence-electron chi connectivity index (χ1n) is 11.8. The summed E-state index contributed by atoms with van der Waals surface area (Å²) in [5, 5.41) is 36.3. The summed E-state index contributed by atoms with van der Waals surface area (Å²) in [6, 6.07) is 1.82. The van der Waals surface area contributed by atoms with E-state index >= 15 is 0 Å². The molecule has 4 rings (SSSR count). The van der Waals surface area contributed by atoms with E-state index in [0.29, 0.717) is 24.1 Å². The van der Waals surface area contributed by atoms with Crippen molar-refractivity contribution < 1.29 is 38.4 Å². The van der Waals surface area contributed by atoms with Crippen LogP contribution in [0.5, 0.6) is 0 Å². The average Bonchev–Trinajstić information content (AvgIpc) is 3.11. The molecular weight excluding hydrogens is 518 g/mol. The van der Waals surface area contributed by atoms with E-state index in [2.05, 4.69) is 10.6 Å². The fourth-order valence-corrected chi connectivity index (χ4v) is 5.94. The molecule has 3 heterocycles. The summed E-state index contributed by atoms with van der Waals surface area (Å²) in [4.78, 5) is 13.3. The summed E-state index contributed by atoms with van der Waals surface area (Å²) in [5.74, 6) is -1.97. The number of nitrogens with one attached hydrogen (secondary N) is 2. The van der Waals surface area contributed by atoms with Crippen LogP contribution in [0.4, 0.5) is 8.78 Å². The minimum atomic E-state index is -1.47. The zero-order valence-electron chi connectivity index (χ0n) is 19.8. The molecule has 0 saturated carbocycles. The standard InChI is InChI=1S/C24H31ClF2N2O6S/c1-10(25)16(22-19(31)18(30)20(32)24(35-22)36-2)29-23(33)17-21-12(9-28-17)7-11(5-6-34-21)14-4-3-13(26)8-15(14)27/h3-4,7-8,10,12,16-22,24,28,30-32H,5-6,9H2,1-2H3,(H,29,33)/t10-,12-,16+,17-,18?,19?,20?,21+,22?,24?/m0/s1. The molecule has 36 heavy (non-hydrogen) atoms. The molecular formula is C24H31ClF2N2O6S. The van der Waals surface area contributed by atoms with E-state index in [1.807, 2.05) is 6.08 Å². The van der Waals surface area contributed by atoms with Crippen molar-refractivity contribution in [3.8, 4) is 0 Å². The van der Waals surface area contributed by atoms with Crippen molar-refractivity contribution in [2.75, 3.05) is 19.4 Å². The number of fused-ring (bicyclic) bond motifs is 1. The lowest BCUT2D eigenvalue weighted by molar-refractivity contribution is -0.205. The van der Waals surface area contributed by atoms with Gasteiger partial charge in [-0.25, -0.2) is 8.78 Å². The summed E-state index contributed by atoms with van der Waals surface area (Å²) in [6.45, 7) is 2.28. The predicted molar refractivity (Wildman–Crippen MR) is 131 cm³/mol. The minimum Gasteiger partial charge on any atom is -0.388 e. The van der Waals surface area contributed by atoms with Crippen molar-refractivity contribution in [1.82, 2.24) is 10.6 Å². The molecule has 3 aliphatic rings. The van der Waals surface area contributed by atoms with E-state index in [-0.39, 0.29) is 12.5 Å². The van der Waals surface area contributed by atoms with Crippen LogP contribution < -0.4 is 10.6 Å². The molecule has 2 fully saturated rings. The van der Waals surface area contributed by atoms with Gasteiger partial charge < -0.3 is 35.4 Å². The van der Waals surface area contributed by atoms with Gasteiger partial charge in [0.1, 0.15) is 47.5 Å². The number of aliphatic hydroxyl groups excluding tert-OH is 3. The van der Waals surface area contributed by atoms with Crippen LogP contribution in [0.25, 0.3) is 5.57 Å². The van der Waals surface area contributed by atoms with Crippen LogP contribution in [0, 0.1) is 17.6 Å². The summed E-state index contributed by atoms with van der Waals surface area (Å²) in [6.07, 6.45) is -1.86. The number of hydrogen-bond acceptors (Lipinski definition) is 8. The second-order valence-corrected chi connectivity index (χ2v) is 11.0. The third-order valence-corrected chi connectivity index (χ3v) is 8.10. The van der Waals surface area contributed by atoms with Gasteiger partial charge in [0.25, 0.3) is 0 Å². The fourth-order valence-electron chi connectivity index (χ4n) is 5.06. The molecule has 200 valence electrons. The van der Waals surface area contributed by atoms with Gasteiger partial charge in [-0.3, -0.25) is 4.79 Å². The van der Waals surface area contributed by atoms with Crippen LogP contribution in [-0.4, -0.2) is 94.1 Å². The Bertz CT molecular complexity index is 986. The van der Waals surface area contributed by atoms with Crippen LogP contribution >= 0.6 is 23.4 Å². The van der Waals surface area contributed by atoms with Crippen LogP contribution in [0.15, 0.2) is 24.3 Å². The number of aliphatic hydroxyl groups is 3. The van der Waals surface area contributed by atoms with E-state index in [0.717, 1.165) is 6.07 Å². The molecule has 2 saturated heterocycles. The summed E-state index contributed by atoms with van der Waals surface area (Å²) >= 11 is 7.53. The van der Waals surface area contributed by atoms with Gasteiger partial charge >= 0.3 is 0 Å². The highest BCUT2D eigenvalue weighted by Crippen LogP contribution is 2.33. The molecule has 12 heteroatoms. The van der Waals surface area contributed by atoms with E-state index in [1.165, 1.54) is 23.9 Å². The van der Waals surface area contributed by atoms with Crippen LogP contribution in [0.1, 0.15) is 18.9 Å². The maximum atomic E-state index is 14.4. The number of ether oxygens (including phenoxy) is 2. The number of carbonyl (C=O) groups excluding carboxylic acids is 1. The first-order chi connectivity index (χ1) is 17.1. The van der Waals surface area contributed by atoms with Gasteiger partial charge in [-0.2, -0.15) is 0 Å². The molecule has 5 N–H and O–H groups in total. The zero-order chi connectivity index (χ0) is 26.1. The van der Waals surface area contributed by atoms with Gasteiger partial charge in [-0.05, 0) is 37.3 Å². The monoisotopic (exact) mass is 548 g/mol. The van der Waals surface area contributed by atoms with E-state index in [9.17, 15) is 28.9 Å². The van der Waals surface area contributed by atoms with Gasteiger partial charge in [-0.15, -0.1) is 23.4 Å². The first-order valence-corrected chi connectivity index (χ1v) is 13.5. The highest BCUT2D eigenvalue weighted by atomic mass is 35.5. The smallest absolute Gasteiger partial charge is 0.240 e. The molecule has 5 unspecified atom stereocenters. The quantitative estimate of drug-likeness (QED) is 0.334. The van der Waals surface area contributed by atoms with Crippen LogP contribution in [0.2, 0.25) is 0 Å². The Morgan fingerprint density at radius 1 is 1.25 bits per heavy atom. The second kappa shape index (κ2) is 11.6. The third-order valence-electron chi connectivity index (χ3n) is 6.98. The Balaban J connectivity index is 1.49. The van der Waals surface area contributed by atoms with Gasteiger partial charge in [0, 0.05) is 24.1 Å². The maximum Gasteiger partial charge on any atom is 0.240 e. The number of amides is 1. The van der Waals surface area contributed by atoms with E-state index < -0.39 is 71.0 Å². The number of halogens is 3. The molecule has 0 spiro atoms. The fraction of sp³-hybridized carbons (Fsp3) is 0.625. The molecule has 0 bridgehead atoms. The summed E-state index contributed by atoms with van der Waals surface area (Å²) in [7, 11) is 0. The molecule has 0 aliphatic carbocycles. The topological polar surface area (TPSA) is 120 Å². The first kappa shape index (κ1) is 27.7. The predicted octanol–water partition coefficient (Wildman–Crippen LogP) is 1.01. The van der Waals surface area contributed by atoms with Crippen molar-refractivity contribution in [2.24, 2.45) is 5.92 Å². The van der Waals surface area contributed by atoms with Crippen molar-refractivity contribution in [1.29, 1.82) is 0 Å². The minimum absolute atomic E-state index is 0.232. The average molecular weight is 549 g/mol. The Hall–Kier alpha value is -1.31. The lowest BCUT2D eigenvalue weighted by Gasteiger charge is -2.44. The molecule has 0 aromatic heterocycles. The van der Waals surface area contributed by atoms with Gasteiger partial charge in [0.05, 0.1) is 24.1 Å². The summed E-state index contributed by atoms with van der Waals surface area (Å²) in [5.41, 5.74) is 0.180. The van der Waals surface area contributed by atoms with Crippen LogP contribution in [0.3, 0.4) is 0 Å². The number of carbonyl (C=O) groups is 1. The van der Waals surface area contributed by atoms with Crippen molar-refractivity contribution >= 4 is 34.8 Å². The van der Waals surface area contributed by atoms with E-state index in [4.69, 9.17) is 21.1 Å². The molecule has 3 aliphatic heterocycles. The van der Waals surface area contributed by atoms with Crippen LogP contribution in [-0.2, 0) is 14.3 Å². The third kappa shape index (κ3) is 5.58. The molecule has 8 nitrogen and oxygen atoms in total. The normalized spacial score (nSPS) is 36.4. The number of rotatable bonds is 6. The van der Waals surface area contributed by atoms with Crippen molar-refractivity contribution in [2.45, 2.75) is 66.8 Å². The number of alkyl halides is 1. The van der Waals surface area contributed by atoms with Gasteiger partial charge in [-0.1, -0.05) is 6.08 Å². The number of benzene rings is 1. The highest BCUT2D eigenvalue weighted by Gasteiger charge is 2.49. The van der Waals surface area contributed by atoms with E-state index in [1.54, 1.807) is 13.2 Å². The largest absolute Gasteiger partial charge is 0.388 e. The maximum absolute atomic E-state index is 14.4. The number of thioether (sulfide) groups is 1. The number of hydrogen-bond donors (Lipinski definition) is 5. The van der Waals surface area contributed by atoms with Gasteiger partial charge in [0.15, 0.2) is 0 Å². The Morgan fingerprint density at radius 3 is 2.67 bits per heavy atom. The summed E-state index contributed by atoms with van der Waals surface area (Å²) < 4.78 is 39.5. The molecule has 10 atom stereocenters. The zero-order valence-corrected chi connectivity index (χ0v) is 21.4. The lowest BCUT2D eigenvalue weighted by Crippen LogP contribution is -2.65. The molecule has 1 aromatic carbocycles. The Labute approximate surface area is 217 Å². The van der Waals surface area contributed by atoms with Crippen molar-refractivity contribution in [3.63, 3.8) is 0 Å². The second-order valence-electron chi connectivity index (χ2n) is 9.34. The lowest BCUT2D eigenvalue weighted by atomic mass is 9.92. The highest BCUT2D eigenvalue weighted by molar-refractivity contribution is 7.99. The Kier molecular flexibility index (Phi) is 8.94. The molecule has 1 amide bonds. The molecule has 1 aromatic rings. The SMILES string of the molecule is CSC1OC([C@H](NC(=O)[C@H]2NC[C@@H]3C=C(c4ccc(F)cc4F)CCO[C@@H]23)[C@H](C)Cl)C(O)C(O)C1O.